The summed E-state index contributed by atoms with van der Waals surface area (Å²) in [5.74, 6) is -0.180. The molecule has 5 nitrogen and oxygen atoms in total. The lowest BCUT2D eigenvalue weighted by Crippen LogP contribution is -2.44. The summed E-state index contributed by atoms with van der Waals surface area (Å²) >= 11 is 0. The highest BCUT2D eigenvalue weighted by Gasteiger charge is 2.50. The van der Waals surface area contributed by atoms with Crippen molar-refractivity contribution in [3.63, 3.8) is 0 Å². The molecule has 0 aromatic heterocycles. The Morgan fingerprint density at radius 2 is 1.95 bits per heavy atom. The molecule has 22 heavy (non-hydrogen) atoms. The molecule has 1 rings (SSSR count). The molecule has 0 bridgehead atoms. The zero-order chi connectivity index (χ0) is 17.0. The summed E-state index contributed by atoms with van der Waals surface area (Å²) in [6.07, 6.45) is -5.99. The first kappa shape index (κ1) is 18.1. The first-order chi connectivity index (χ1) is 10.1. The van der Waals surface area contributed by atoms with E-state index in [0.717, 1.165) is 0 Å². The second-order valence-corrected chi connectivity index (χ2v) is 4.80. The Morgan fingerprint density at radius 3 is 2.45 bits per heavy atom. The highest BCUT2D eigenvalue weighted by Crippen LogP contribution is 2.33. The van der Waals surface area contributed by atoms with Gasteiger partial charge in [0, 0.05) is 11.8 Å². The summed E-state index contributed by atoms with van der Waals surface area (Å²) in [5.41, 5.74) is -2.85. The van der Waals surface area contributed by atoms with E-state index in [1.807, 2.05) is 0 Å². The Balaban J connectivity index is 2.81. The molecule has 8 heteroatoms. The fourth-order valence-corrected chi connectivity index (χ4v) is 1.64. The minimum Gasteiger partial charge on any atom is -0.493 e. The van der Waals surface area contributed by atoms with Crippen LogP contribution in [0.5, 0.6) is 11.5 Å². The molecule has 2 N–H and O–H groups in total. The minimum atomic E-state index is -4.89. The number of alkyl halides is 3. The highest BCUT2D eigenvalue weighted by molar-refractivity contribution is 5.91. The molecule has 1 aromatic rings. The minimum absolute atomic E-state index is 0.239. The van der Waals surface area contributed by atoms with Crippen molar-refractivity contribution in [2.75, 3.05) is 19.0 Å². The van der Waals surface area contributed by atoms with E-state index in [1.54, 1.807) is 6.92 Å². The normalized spacial score (nSPS) is 14.1. The van der Waals surface area contributed by atoms with Gasteiger partial charge < -0.3 is 19.9 Å². The largest absolute Gasteiger partial charge is 0.493 e. The van der Waals surface area contributed by atoms with Crippen molar-refractivity contribution in [1.29, 1.82) is 0 Å². The average Bonchev–Trinajstić information content (AvgIpc) is 2.38. The van der Waals surface area contributed by atoms with Crippen molar-refractivity contribution in [1.82, 2.24) is 0 Å². The number of rotatable bonds is 6. The van der Waals surface area contributed by atoms with Crippen LogP contribution in [0, 0.1) is 0 Å². The molecule has 0 saturated heterocycles. The fraction of sp³-hybridized carbons (Fsp3) is 0.500. The molecule has 0 spiro atoms. The Morgan fingerprint density at radius 1 is 1.32 bits per heavy atom. The van der Waals surface area contributed by atoms with Crippen LogP contribution in [0.2, 0.25) is 0 Å². The molecule has 0 fully saturated rings. The summed E-state index contributed by atoms with van der Waals surface area (Å²) in [6, 6.07) is 4.42. The summed E-state index contributed by atoms with van der Waals surface area (Å²) in [7, 11) is 1.40. The quantitative estimate of drug-likeness (QED) is 0.845. The predicted octanol–water partition coefficient (Wildman–Crippen LogP) is 2.74. The lowest BCUT2D eigenvalue weighted by molar-refractivity contribution is -0.252. The number of halogens is 3. The predicted molar refractivity (Wildman–Crippen MR) is 74.1 cm³/mol. The zero-order valence-corrected chi connectivity index (χ0v) is 12.5. The Labute approximate surface area is 126 Å². The van der Waals surface area contributed by atoms with Crippen LogP contribution >= 0.6 is 0 Å². The van der Waals surface area contributed by atoms with E-state index in [9.17, 15) is 23.1 Å². The summed E-state index contributed by atoms with van der Waals surface area (Å²) in [6.45, 7) is 2.75. The number of amides is 1. The average molecular weight is 321 g/mol. The maximum absolute atomic E-state index is 12.5. The van der Waals surface area contributed by atoms with Gasteiger partial charge in [-0.3, -0.25) is 4.79 Å². The number of benzene rings is 1. The summed E-state index contributed by atoms with van der Waals surface area (Å²) in [4.78, 5) is 11.6. The van der Waals surface area contributed by atoms with Gasteiger partial charge in [-0.15, -0.1) is 0 Å². The maximum atomic E-state index is 12.5. The van der Waals surface area contributed by atoms with E-state index >= 15 is 0 Å². The summed E-state index contributed by atoms with van der Waals surface area (Å²) < 4.78 is 47.9. The molecule has 0 radical (unpaired) electrons. The van der Waals surface area contributed by atoms with Crippen LogP contribution in [-0.4, -0.2) is 36.5 Å². The molecule has 0 aliphatic heterocycles. The Hall–Kier alpha value is -1.96. The van der Waals surface area contributed by atoms with E-state index < -0.39 is 24.1 Å². The second-order valence-electron chi connectivity index (χ2n) is 4.80. The summed E-state index contributed by atoms with van der Waals surface area (Å²) in [5, 5.41) is 11.6. The number of nitrogens with one attached hydrogen (secondary N) is 1. The number of anilines is 1. The fourth-order valence-electron chi connectivity index (χ4n) is 1.64. The number of hydrogen-bond acceptors (Lipinski definition) is 4. The van der Waals surface area contributed by atoms with Gasteiger partial charge in [0.25, 0.3) is 0 Å². The van der Waals surface area contributed by atoms with Crippen molar-refractivity contribution in [3.05, 3.63) is 18.2 Å². The van der Waals surface area contributed by atoms with Gasteiger partial charge in [0.2, 0.25) is 5.91 Å². The third-order valence-electron chi connectivity index (χ3n) is 2.86. The van der Waals surface area contributed by atoms with Gasteiger partial charge in [0.05, 0.1) is 20.1 Å². The number of hydrogen-bond donors (Lipinski definition) is 2. The third-order valence-corrected chi connectivity index (χ3v) is 2.86. The maximum Gasteiger partial charge on any atom is 0.417 e. The van der Waals surface area contributed by atoms with Crippen LogP contribution in [-0.2, 0) is 4.79 Å². The van der Waals surface area contributed by atoms with E-state index in [0.29, 0.717) is 25.0 Å². The van der Waals surface area contributed by atoms with Gasteiger partial charge in [-0.1, -0.05) is 0 Å². The van der Waals surface area contributed by atoms with Crippen LogP contribution < -0.4 is 14.8 Å². The molecule has 1 aromatic carbocycles. The molecule has 124 valence electrons. The van der Waals surface area contributed by atoms with Crippen LogP contribution in [0.1, 0.15) is 20.3 Å². The van der Waals surface area contributed by atoms with Crippen molar-refractivity contribution in [3.8, 4) is 11.5 Å². The lowest BCUT2D eigenvalue weighted by Gasteiger charge is -2.25. The van der Waals surface area contributed by atoms with Crippen molar-refractivity contribution in [2.45, 2.75) is 32.0 Å². The molecule has 1 atom stereocenters. The Kier molecular flexibility index (Phi) is 5.65. The van der Waals surface area contributed by atoms with Crippen LogP contribution in [0.4, 0.5) is 18.9 Å². The second kappa shape index (κ2) is 6.87. The number of carbonyl (C=O) groups excluding carboxylic acids is 1. The zero-order valence-electron chi connectivity index (χ0n) is 12.5. The van der Waals surface area contributed by atoms with Gasteiger partial charge in [-0.25, -0.2) is 0 Å². The molecule has 0 aliphatic rings. The molecule has 0 unspecified atom stereocenters. The lowest BCUT2D eigenvalue weighted by atomic mass is 10.0. The van der Waals surface area contributed by atoms with Crippen LogP contribution in [0.3, 0.4) is 0 Å². The Bertz CT molecular complexity index is 529. The molecule has 0 saturated carbocycles. The topological polar surface area (TPSA) is 67.8 Å². The first-order valence-corrected chi connectivity index (χ1v) is 6.50. The standard InChI is InChI=1S/C14H18F3NO4/c1-4-22-10-6-5-9(7-11(10)21-3)18-12(19)8-13(2,20)14(15,16)17/h5-7,20H,4,8H2,1-3H3,(H,18,19)/t13-/m1/s1. The van der Waals surface area contributed by atoms with Gasteiger partial charge >= 0.3 is 6.18 Å². The van der Waals surface area contributed by atoms with Crippen molar-refractivity contribution >= 4 is 11.6 Å². The molecular weight excluding hydrogens is 303 g/mol. The van der Waals surface area contributed by atoms with E-state index in [4.69, 9.17) is 9.47 Å². The first-order valence-electron chi connectivity index (χ1n) is 6.50. The smallest absolute Gasteiger partial charge is 0.417 e. The molecular formula is C14H18F3NO4. The van der Waals surface area contributed by atoms with E-state index in [2.05, 4.69) is 5.32 Å². The highest BCUT2D eigenvalue weighted by atomic mass is 19.4. The number of ether oxygens (including phenoxy) is 2. The van der Waals surface area contributed by atoms with Crippen molar-refractivity contribution in [2.24, 2.45) is 0 Å². The van der Waals surface area contributed by atoms with E-state index in [1.165, 1.54) is 25.3 Å². The number of methoxy groups -OCH3 is 1. The van der Waals surface area contributed by atoms with Gasteiger partial charge in [0.1, 0.15) is 0 Å². The number of aliphatic hydroxyl groups is 1. The van der Waals surface area contributed by atoms with Crippen molar-refractivity contribution < 1.29 is 32.5 Å². The van der Waals surface area contributed by atoms with Gasteiger partial charge in [-0.05, 0) is 26.0 Å². The number of carbonyl (C=O) groups is 1. The van der Waals surface area contributed by atoms with Gasteiger partial charge in [-0.2, -0.15) is 13.2 Å². The van der Waals surface area contributed by atoms with Gasteiger partial charge in [0.15, 0.2) is 17.1 Å². The van der Waals surface area contributed by atoms with Crippen LogP contribution in [0.15, 0.2) is 18.2 Å². The van der Waals surface area contributed by atoms with Crippen LogP contribution in [0.25, 0.3) is 0 Å². The third kappa shape index (κ3) is 4.52. The molecule has 0 aliphatic carbocycles. The molecule has 0 heterocycles. The SMILES string of the molecule is CCOc1ccc(NC(=O)C[C@@](C)(O)C(F)(F)F)cc1OC. The van der Waals surface area contributed by atoms with E-state index in [-0.39, 0.29) is 5.69 Å². The monoisotopic (exact) mass is 321 g/mol. The molecule has 1 amide bonds.